The number of oxazole rings is 1. The number of benzene rings is 2. The summed E-state index contributed by atoms with van der Waals surface area (Å²) in [6.45, 7) is 2.80. The summed E-state index contributed by atoms with van der Waals surface area (Å²) >= 11 is 0. The van der Waals surface area contributed by atoms with Gasteiger partial charge >= 0.3 is 6.03 Å². The Morgan fingerprint density at radius 1 is 1.07 bits per heavy atom. The van der Waals surface area contributed by atoms with E-state index in [9.17, 15) is 4.79 Å². The maximum Gasteiger partial charge on any atom is 0.319 e. The summed E-state index contributed by atoms with van der Waals surface area (Å²) in [5.41, 5.74) is 2.22. The summed E-state index contributed by atoms with van der Waals surface area (Å²) in [7, 11) is 3.19. The lowest BCUT2D eigenvalue weighted by atomic mass is 10.2. The Hall–Kier alpha value is -3.68. The lowest BCUT2D eigenvalue weighted by Gasteiger charge is -2.12. The fourth-order valence-electron chi connectivity index (χ4n) is 2.79. The quantitative estimate of drug-likeness (QED) is 0.550. The predicted octanol–water partition coefficient (Wildman–Crippen LogP) is 4.12. The smallest absolute Gasteiger partial charge is 0.319 e. The minimum Gasteiger partial charge on any atom is -0.497 e. The van der Waals surface area contributed by atoms with Crippen LogP contribution in [0.2, 0.25) is 0 Å². The van der Waals surface area contributed by atoms with Crippen molar-refractivity contribution in [1.82, 2.24) is 10.3 Å². The average Bonchev–Trinajstić information content (AvgIpc) is 3.23. The van der Waals surface area contributed by atoms with E-state index in [1.165, 1.54) is 0 Å². The van der Waals surface area contributed by atoms with Crippen LogP contribution in [0.5, 0.6) is 17.2 Å². The third-order valence-corrected chi connectivity index (χ3v) is 4.28. The number of urea groups is 1. The van der Waals surface area contributed by atoms with Gasteiger partial charge < -0.3 is 29.3 Å². The minimum atomic E-state index is -0.318. The van der Waals surface area contributed by atoms with Crippen LogP contribution in [0.4, 0.5) is 10.5 Å². The van der Waals surface area contributed by atoms with Crippen LogP contribution in [-0.4, -0.2) is 38.4 Å². The highest BCUT2D eigenvalue weighted by Gasteiger charge is 2.10. The van der Waals surface area contributed by atoms with Gasteiger partial charge in [-0.2, -0.15) is 0 Å². The molecule has 30 heavy (non-hydrogen) atoms. The normalized spacial score (nSPS) is 10.4. The van der Waals surface area contributed by atoms with Crippen molar-refractivity contribution in [3.05, 3.63) is 54.4 Å². The molecule has 8 heteroatoms. The van der Waals surface area contributed by atoms with Crippen molar-refractivity contribution in [2.75, 3.05) is 32.7 Å². The molecule has 2 N–H and O–H groups in total. The van der Waals surface area contributed by atoms with Gasteiger partial charge in [0.25, 0.3) is 0 Å². The van der Waals surface area contributed by atoms with Gasteiger partial charge in [0.15, 0.2) is 11.5 Å². The van der Waals surface area contributed by atoms with Gasteiger partial charge in [0.2, 0.25) is 5.89 Å². The van der Waals surface area contributed by atoms with E-state index in [0.717, 1.165) is 17.0 Å². The fourth-order valence-corrected chi connectivity index (χ4v) is 2.79. The molecule has 3 rings (SSSR count). The van der Waals surface area contributed by atoms with E-state index in [-0.39, 0.29) is 6.03 Å². The van der Waals surface area contributed by atoms with Gasteiger partial charge in [-0.15, -0.1) is 0 Å². The summed E-state index contributed by atoms with van der Waals surface area (Å²) < 4.78 is 21.4. The zero-order valence-electron chi connectivity index (χ0n) is 17.2. The van der Waals surface area contributed by atoms with E-state index in [0.29, 0.717) is 42.6 Å². The molecule has 0 aliphatic heterocycles. The first kappa shape index (κ1) is 21.0. The van der Waals surface area contributed by atoms with Gasteiger partial charge in [-0.05, 0) is 43.3 Å². The lowest BCUT2D eigenvalue weighted by Crippen LogP contribution is -2.30. The molecule has 0 unspecified atom stereocenters. The van der Waals surface area contributed by atoms with E-state index >= 15 is 0 Å². The van der Waals surface area contributed by atoms with Crippen LogP contribution in [0, 0.1) is 0 Å². The van der Waals surface area contributed by atoms with Gasteiger partial charge in [0, 0.05) is 30.3 Å². The Balaban J connectivity index is 1.50. The van der Waals surface area contributed by atoms with Crippen LogP contribution in [0.3, 0.4) is 0 Å². The number of nitrogens with one attached hydrogen (secondary N) is 2. The van der Waals surface area contributed by atoms with Gasteiger partial charge in [-0.3, -0.25) is 0 Å². The van der Waals surface area contributed by atoms with Crippen molar-refractivity contribution >= 4 is 11.7 Å². The number of aromatic nitrogens is 1. The fraction of sp³-hybridized carbons (Fsp3) is 0.273. The van der Waals surface area contributed by atoms with Crippen LogP contribution in [0.1, 0.15) is 12.6 Å². The number of methoxy groups -OCH3 is 2. The van der Waals surface area contributed by atoms with Gasteiger partial charge in [-0.25, -0.2) is 9.78 Å². The molecule has 0 radical (unpaired) electrons. The predicted molar refractivity (Wildman–Crippen MR) is 113 cm³/mol. The molecule has 0 spiro atoms. The molecule has 0 atom stereocenters. The number of anilines is 1. The summed E-state index contributed by atoms with van der Waals surface area (Å²) in [6.07, 6.45) is 2.14. The molecule has 1 aromatic heterocycles. The zero-order valence-corrected chi connectivity index (χ0v) is 17.2. The van der Waals surface area contributed by atoms with Gasteiger partial charge in [0.05, 0.1) is 26.5 Å². The van der Waals surface area contributed by atoms with Gasteiger partial charge in [0.1, 0.15) is 12.0 Å². The van der Waals surface area contributed by atoms with E-state index in [2.05, 4.69) is 15.6 Å². The lowest BCUT2D eigenvalue weighted by molar-refractivity contribution is 0.252. The molecule has 2 aromatic carbocycles. The highest BCUT2D eigenvalue weighted by atomic mass is 16.5. The first-order valence-electron chi connectivity index (χ1n) is 9.57. The number of nitrogens with zero attached hydrogens (tertiary/aromatic N) is 1. The molecule has 158 valence electrons. The Labute approximate surface area is 175 Å². The number of hydrogen-bond donors (Lipinski definition) is 2. The van der Waals surface area contributed by atoms with Crippen LogP contribution in [0.15, 0.2) is 53.1 Å². The van der Waals surface area contributed by atoms with E-state index in [1.54, 1.807) is 38.7 Å². The third kappa shape index (κ3) is 5.44. The molecular formula is C22H25N3O5. The Morgan fingerprint density at radius 3 is 2.57 bits per heavy atom. The number of hydrogen-bond acceptors (Lipinski definition) is 6. The molecule has 3 aromatic rings. The third-order valence-electron chi connectivity index (χ3n) is 4.28. The molecular weight excluding hydrogens is 386 g/mol. The number of amides is 2. The first-order chi connectivity index (χ1) is 14.6. The molecule has 8 nitrogen and oxygen atoms in total. The monoisotopic (exact) mass is 411 g/mol. The summed E-state index contributed by atoms with van der Waals surface area (Å²) in [6, 6.07) is 12.4. The van der Waals surface area contributed by atoms with Crippen molar-refractivity contribution in [2.24, 2.45) is 0 Å². The molecule has 1 heterocycles. The van der Waals surface area contributed by atoms with Crippen molar-refractivity contribution in [1.29, 1.82) is 0 Å². The van der Waals surface area contributed by atoms with E-state index in [1.807, 2.05) is 31.2 Å². The van der Waals surface area contributed by atoms with Crippen molar-refractivity contribution in [3.63, 3.8) is 0 Å². The molecule has 0 fully saturated rings. The maximum atomic E-state index is 12.2. The molecule has 0 saturated heterocycles. The second-order valence-electron chi connectivity index (χ2n) is 6.30. The summed E-state index contributed by atoms with van der Waals surface area (Å²) in [4.78, 5) is 16.6. The van der Waals surface area contributed by atoms with Crippen molar-refractivity contribution in [3.8, 4) is 28.7 Å². The Kier molecular flexibility index (Phi) is 7.15. The summed E-state index contributed by atoms with van der Waals surface area (Å²) in [5.74, 6) is 2.48. The molecule has 0 aliphatic carbocycles. The van der Waals surface area contributed by atoms with Crippen LogP contribution < -0.4 is 24.8 Å². The average molecular weight is 411 g/mol. The molecule has 0 aliphatic rings. The highest BCUT2D eigenvalue weighted by Crippen LogP contribution is 2.30. The number of carbonyl (C=O) groups excluding carboxylic acids is 1. The largest absolute Gasteiger partial charge is 0.497 e. The Bertz CT molecular complexity index is 969. The van der Waals surface area contributed by atoms with E-state index < -0.39 is 0 Å². The summed E-state index contributed by atoms with van der Waals surface area (Å²) in [5, 5.41) is 5.58. The van der Waals surface area contributed by atoms with Crippen molar-refractivity contribution in [2.45, 2.75) is 13.3 Å². The van der Waals surface area contributed by atoms with Crippen LogP contribution in [-0.2, 0) is 6.42 Å². The van der Waals surface area contributed by atoms with Crippen LogP contribution in [0.25, 0.3) is 11.5 Å². The number of ether oxygens (including phenoxy) is 3. The van der Waals surface area contributed by atoms with Gasteiger partial charge in [-0.1, -0.05) is 0 Å². The Morgan fingerprint density at radius 2 is 1.87 bits per heavy atom. The first-order valence-corrected chi connectivity index (χ1v) is 9.57. The second kappa shape index (κ2) is 10.2. The SMILES string of the molecule is CCOc1cc(NC(=O)NCCc2coc(-c3ccc(OC)cc3)n2)ccc1OC. The maximum absolute atomic E-state index is 12.2. The zero-order chi connectivity index (χ0) is 21.3. The highest BCUT2D eigenvalue weighted by molar-refractivity contribution is 5.89. The minimum absolute atomic E-state index is 0.318. The van der Waals surface area contributed by atoms with E-state index in [4.69, 9.17) is 18.6 Å². The standard InChI is InChI=1S/C22H25N3O5/c1-4-29-20-13-16(7-10-19(20)28-3)25-22(26)23-12-11-17-14-30-21(24-17)15-5-8-18(27-2)9-6-15/h5-10,13-14H,4,11-12H2,1-3H3,(H2,23,25,26). The number of rotatable bonds is 9. The van der Waals surface area contributed by atoms with Crippen molar-refractivity contribution < 1.29 is 23.4 Å². The van der Waals surface area contributed by atoms with Crippen LogP contribution >= 0.6 is 0 Å². The number of carbonyl (C=O) groups is 1. The second-order valence-corrected chi connectivity index (χ2v) is 6.30. The molecule has 2 amide bonds. The topological polar surface area (TPSA) is 94.9 Å². The molecule has 0 saturated carbocycles. The molecule has 0 bridgehead atoms.